The standard InChI is InChI=1S/C70H131NO10/c1-3-5-7-9-11-13-14-15-16-32-35-38-42-46-50-54-58-66(75)79-59-55-51-47-43-39-36-33-30-28-26-24-22-20-18-17-19-21-23-25-27-29-31-34-37-41-45-49-53-57-65(74)71-62(63(73)56-52-48-44-40-12-10-8-6-4-2)61-80-70-69(78)68(77)67(76)64(60-72)81-70/h16-18,32,52,56,62-64,67-70,72-73,76-78H,3-15,19-31,33-51,53-55,57-61H2,1-2H3,(H,71,74)/b18-17-,32-16-,56-52+. The van der Waals surface area contributed by atoms with Gasteiger partial charge in [0, 0.05) is 12.8 Å². The first-order valence-electron chi connectivity index (χ1n) is 34.8. The van der Waals surface area contributed by atoms with E-state index in [0.717, 1.165) is 57.8 Å². The van der Waals surface area contributed by atoms with Crippen LogP contribution in [0.2, 0.25) is 0 Å². The van der Waals surface area contributed by atoms with Crippen molar-refractivity contribution < 1.29 is 49.3 Å². The molecule has 7 unspecified atom stereocenters. The first-order valence-corrected chi connectivity index (χ1v) is 34.8. The minimum atomic E-state index is -1.57. The number of aliphatic hydroxyl groups is 5. The van der Waals surface area contributed by atoms with E-state index in [9.17, 15) is 35.1 Å². The van der Waals surface area contributed by atoms with Crippen LogP contribution >= 0.6 is 0 Å². The van der Waals surface area contributed by atoms with Crippen molar-refractivity contribution in [2.24, 2.45) is 0 Å². The van der Waals surface area contributed by atoms with Gasteiger partial charge in [0.25, 0.3) is 0 Å². The number of unbranched alkanes of at least 4 members (excludes halogenated alkanes) is 43. The average Bonchev–Trinajstić information content (AvgIpc) is 3.47. The molecule has 1 heterocycles. The molecular weight excluding hydrogens is 1010 g/mol. The van der Waals surface area contributed by atoms with Crippen molar-refractivity contribution in [1.82, 2.24) is 5.32 Å². The molecule has 1 saturated heterocycles. The molecule has 11 nitrogen and oxygen atoms in total. The Morgan fingerprint density at radius 1 is 0.444 bits per heavy atom. The highest BCUT2D eigenvalue weighted by Gasteiger charge is 2.44. The predicted molar refractivity (Wildman–Crippen MR) is 338 cm³/mol. The lowest BCUT2D eigenvalue weighted by Crippen LogP contribution is -2.60. The van der Waals surface area contributed by atoms with Crippen LogP contribution in [0.4, 0.5) is 0 Å². The summed E-state index contributed by atoms with van der Waals surface area (Å²) in [5.41, 5.74) is 0. The number of nitrogens with one attached hydrogen (secondary N) is 1. The Morgan fingerprint density at radius 2 is 0.790 bits per heavy atom. The second kappa shape index (κ2) is 59.6. The quantitative estimate of drug-likeness (QED) is 0.0195. The highest BCUT2D eigenvalue weighted by Crippen LogP contribution is 2.23. The van der Waals surface area contributed by atoms with E-state index in [4.69, 9.17) is 14.2 Å². The van der Waals surface area contributed by atoms with E-state index < -0.39 is 49.5 Å². The molecule has 7 atom stereocenters. The molecule has 0 aliphatic carbocycles. The zero-order valence-electron chi connectivity index (χ0n) is 52.8. The van der Waals surface area contributed by atoms with Crippen molar-refractivity contribution in [2.45, 2.75) is 378 Å². The maximum absolute atomic E-state index is 13.0. The minimum absolute atomic E-state index is 0.000495. The van der Waals surface area contributed by atoms with Gasteiger partial charge in [-0.05, 0) is 83.5 Å². The van der Waals surface area contributed by atoms with Crippen LogP contribution in [0.15, 0.2) is 36.5 Å². The number of ether oxygens (including phenoxy) is 3. The maximum atomic E-state index is 13.0. The molecule has 11 heteroatoms. The van der Waals surface area contributed by atoms with Crippen molar-refractivity contribution in [3.8, 4) is 0 Å². The predicted octanol–water partition coefficient (Wildman–Crippen LogP) is 17.4. The molecule has 1 rings (SSSR count). The second-order valence-electron chi connectivity index (χ2n) is 24.2. The number of carbonyl (C=O) groups is 2. The third kappa shape index (κ3) is 48.8. The van der Waals surface area contributed by atoms with Gasteiger partial charge < -0.3 is 45.1 Å². The molecule has 0 saturated carbocycles. The lowest BCUT2D eigenvalue weighted by molar-refractivity contribution is -0.302. The fourth-order valence-electron chi connectivity index (χ4n) is 11.0. The van der Waals surface area contributed by atoms with Crippen LogP contribution in [-0.2, 0) is 23.8 Å². The number of aliphatic hydroxyl groups excluding tert-OH is 5. The fraction of sp³-hybridized carbons (Fsp3) is 0.886. The molecule has 0 radical (unpaired) electrons. The lowest BCUT2D eigenvalue weighted by atomic mass is 9.99. The summed E-state index contributed by atoms with van der Waals surface area (Å²) in [5.74, 6) is -0.183. The first-order chi connectivity index (χ1) is 39.7. The molecule has 0 bridgehead atoms. The Bertz CT molecular complexity index is 1440. The Morgan fingerprint density at radius 3 is 1.19 bits per heavy atom. The normalized spacial score (nSPS) is 18.4. The van der Waals surface area contributed by atoms with Crippen LogP contribution in [0.3, 0.4) is 0 Å². The van der Waals surface area contributed by atoms with Gasteiger partial charge in [0.2, 0.25) is 5.91 Å². The Kier molecular flexibility index (Phi) is 56.6. The van der Waals surface area contributed by atoms with E-state index in [1.165, 1.54) is 250 Å². The van der Waals surface area contributed by atoms with Crippen LogP contribution in [0, 0.1) is 0 Å². The van der Waals surface area contributed by atoms with E-state index in [0.29, 0.717) is 19.4 Å². The second-order valence-corrected chi connectivity index (χ2v) is 24.2. The Balaban J connectivity index is 1.92. The SMILES string of the molecule is CCCCCCCCC/C=C\CCCCCCCC(=O)OCCCCCCCCCCCCCC/C=C\CCCCCCCCCCCCCCC(=O)NC(COC1OC(CO)C(O)C(O)C1O)C(O)/C=C/CCCCCCCCC. The van der Waals surface area contributed by atoms with E-state index in [-0.39, 0.29) is 18.5 Å². The lowest BCUT2D eigenvalue weighted by Gasteiger charge is -2.40. The zero-order valence-corrected chi connectivity index (χ0v) is 52.8. The largest absolute Gasteiger partial charge is 0.466 e. The number of carbonyl (C=O) groups excluding carboxylic acids is 2. The summed E-state index contributed by atoms with van der Waals surface area (Å²) in [5, 5.41) is 54.3. The average molecular weight is 1150 g/mol. The summed E-state index contributed by atoms with van der Waals surface area (Å²) in [6, 6.07) is -0.809. The van der Waals surface area contributed by atoms with Gasteiger partial charge in [-0.1, -0.05) is 275 Å². The molecule has 1 fully saturated rings. The van der Waals surface area contributed by atoms with E-state index >= 15 is 0 Å². The molecule has 0 aromatic carbocycles. The van der Waals surface area contributed by atoms with Gasteiger partial charge in [-0.15, -0.1) is 0 Å². The molecule has 1 amide bonds. The molecule has 1 aliphatic rings. The summed E-state index contributed by atoms with van der Waals surface area (Å²) in [6.07, 6.45) is 65.7. The third-order valence-corrected chi connectivity index (χ3v) is 16.5. The number of esters is 1. The number of hydrogen-bond donors (Lipinski definition) is 6. The topological polar surface area (TPSA) is 175 Å². The fourth-order valence-corrected chi connectivity index (χ4v) is 11.0. The summed E-state index contributed by atoms with van der Waals surface area (Å²) in [4.78, 5) is 25.1. The van der Waals surface area contributed by atoms with Gasteiger partial charge in [-0.25, -0.2) is 0 Å². The van der Waals surface area contributed by atoms with Crippen molar-refractivity contribution in [3.63, 3.8) is 0 Å². The molecule has 6 N–H and O–H groups in total. The number of allylic oxidation sites excluding steroid dienone is 5. The molecule has 81 heavy (non-hydrogen) atoms. The molecule has 476 valence electrons. The van der Waals surface area contributed by atoms with Crippen LogP contribution < -0.4 is 5.32 Å². The number of amides is 1. The smallest absolute Gasteiger partial charge is 0.305 e. The van der Waals surface area contributed by atoms with Crippen LogP contribution in [0.5, 0.6) is 0 Å². The van der Waals surface area contributed by atoms with Crippen molar-refractivity contribution >= 4 is 11.9 Å². The molecule has 0 aromatic heterocycles. The van der Waals surface area contributed by atoms with Gasteiger partial charge in [0.05, 0.1) is 32.0 Å². The number of hydrogen-bond acceptors (Lipinski definition) is 10. The van der Waals surface area contributed by atoms with Gasteiger partial charge in [-0.2, -0.15) is 0 Å². The van der Waals surface area contributed by atoms with Crippen LogP contribution in [-0.4, -0.2) is 100 Å². The van der Waals surface area contributed by atoms with Crippen molar-refractivity contribution in [2.75, 3.05) is 19.8 Å². The molecule has 0 aromatic rings. The van der Waals surface area contributed by atoms with Gasteiger partial charge >= 0.3 is 5.97 Å². The minimum Gasteiger partial charge on any atom is -0.466 e. The Hall–Kier alpha value is -2.12. The Labute approximate surface area is 498 Å². The summed E-state index contributed by atoms with van der Waals surface area (Å²) < 4.78 is 16.7. The summed E-state index contributed by atoms with van der Waals surface area (Å²) >= 11 is 0. The van der Waals surface area contributed by atoms with Gasteiger partial charge in [0.15, 0.2) is 6.29 Å². The first kappa shape index (κ1) is 76.9. The maximum Gasteiger partial charge on any atom is 0.305 e. The number of rotatable bonds is 61. The molecule has 1 aliphatic heterocycles. The summed E-state index contributed by atoms with van der Waals surface area (Å²) in [6.45, 7) is 4.33. The van der Waals surface area contributed by atoms with E-state index in [1.807, 2.05) is 6.08 Å². The monoisotopic (exact) mass is 1150 g/mol. The molecule has 0 spiro atoms. The van der Waals surface area contributed by atoms with E-state index in [2.05, 4.69) is 43.5 Å². The van der Waals surface area contributed by atoms with Crippen molar-refractivity contribution in [3.05, 3.63) is 36.5 Å². The highest BCUT2D eigenvalue weighted by atomic mass is 16.7. The third-order valence-electron chi connectivity index (χ3n) is 16.5. The van der Waals surface area contributed by atoms with Crippen molar-refractivity contribution in [1.29, 1.82) is 0 Å². The van der Waals surface area contributed by atoms with Crippen LogP contribution in [0.25, 0.3) is 0 Å². The van der Waals surface area contributed by atoms with E-state index in [1.54, 1.807) is 6.08 Å². The highest BCUT2D eigenvalue weighted by molar-refractivity contribution is 5.76. The molecular formula is C70H131NO10. The van der Waals surface area contributed by atoms with Gasteiger partial charge in [-0.3, -0.25) is 9.59 Å². The summed E-state index contributed by atoms with van der Waals surface area (Å²) in [7, 11) is 0. The zero-order chi connectivity index (χ0) is 58.7. The van der Waals surface area contributed by atoms with Gasteiger partial charge in [0.1, 0.15) is 24.4 Å². The van der Waals surface area contributed by atoms with Crippen LogP contribution in [0.1, 0.15) is 335 Å².